The Labute approximate surface area is 118 Å². The molecule has 0 fully saturated rings. The summed E-state index contributed by atoms with van der Waals surface area (Å²) >= 11 is 0. The minimum atomic E-state index is -0.0795. The van der Waals surface area contributed by atoms with Crippen LogP contribution in [-0.4, -0.2) is 18.7 Å². The number of hydrogen-bond acceptors (Lipinski definition) is 3. The Balaban J connectivity index is 1.98. The van der Waals surface area contributed by atoms with Gasteiger partial charge in [-0.2, -0.15) is 0 Å². The third kappa shape index (κ3) is 3.54. The fraction of sp³-hybridized carbons (Fsp3) is 0.176. The molecule has 0 aromatic heterocycles. The number of hydrogen-bond donors (Lipinski definition) is 0. The average Bonchev–Trinajstić information content (AvgIpc) is 2.53. The van der Waals surface area contributed by atoms with E-state index in [4.69, 9.17) is 4.74 Å². The van der Waals surface area contributed by atoms with Crippen LogP contribution in [0.5, 0.6) is 5.75 Å². The van der Waals surface area contributed by atoms with Crippen molar-refractivity contribution in [3.63, 3.8) is 0 Å². The number of aldehydes is 1. The number of carbonyl (C=O) groups is 2. The van der Waals surface area contributed by atoms with Crippen molar-refractivity contribution in [2.24, 2.45) is 0 Å². The monoisotopic (exact) mass is 268 g/mol. The van der Waals surface area contributed by atoms with E-state index in [0.717, 1.165) is 12.7 Å². The molecule has 3 nitrogen and oxygen atoms in total. The van der Waals surface area contributed by atoms with E-state index in [1.807, 2.05) is 24.3 Å². The number of ketones is 1. The summed E-state index contributed by atoms with van der Waals surface area (Å²) in [5.41, 5.74) is 2.36. The zero-order chi connectivity index (χ0) is 14.4. The summed E-state index contributed by atoms with van der Waals surface area (Å²) in [6.07, 6.45) is 1.70. The number of rotatable bonds is 6. The fourth-order valence-corrected chi connectivity index (χ4v) is 1.84. The molecule has 0 spiro atoms. The maximum absolute atomic E-state index is 12.0. The minimum Gasteiger partial charge on any atom is -0.485 e. The van der Waals surface area contributed by atoms with E-state index in [1.54, 1.807) is 24.3 Å². The van der Waals surface area contributed by atoms with Crippen LogP contribution in [0.1, 0.15) is 33.2 Å². The van der Waals surface area contributed by atoms with Crippen molar-refractivity contribution in [3.8, 4) is 5.75 Å². The van der Waals surface area contributed by atoms with E-state index < -0.39 is 0 Å². The van der Waals surface area contributed by atoms with Gasteiger partial charge in [0.1, 0.15) is 12.0 Å². The molecular formula is C17H16O3. The molecule has 0 saturated carbocycles. The Morgan fingerprint density at radius 3 is 2.55 bits per heavy atom. The molecule has 0 aliphatic rings. The third-order valence-electron chi connectivity index (χ3n) is 3.05. The predicted octanol–water partition coefficient (Wildman–Crippen LogP) is 3.32. The first-order valence-corrected chi connectivity index (χ1v) is 6.53. The second-order valence-electron chi connectivity index (χ2n) is 4.45. The van der Waals surface area contributed by atoms with Gasteiger partial charge in [-0.15, -0.1) is 0 Å². The molecule has 0 atom stereocenters. The van der Waals surface area contributed by atoms with E-state index in [0.29, 0.717) is 16.9 Å². The zero-order valence-corrected chi connectivity index (χ0v) is 11.3. The quantitative estimate of drug-likeness (QED) is 0.596. The van der Waals surface area contributed by atoms with Gasteiger partial charge in [0, 0.05) is 11.1 Å². The molecular weight excluding hydrogens is 252 g/mol. The second kappa shape index (κ2) is 6.66. The number of benzene rings is 2. The Morgan fingerprint density at radius 1 is 1.15 bits per heavy atom. The van der Waals surface area contributed by atoms with E-state index in [9.17, 15) is 9.59 Å². The molecule has 2 aromatic carbocycles. The van der Waals surface area contributed by atoms with Gasteiger partial charge in [-0.25, -0.2) is 0 Å². The molecule has 0 aliphatic carbocycles. The summed E-state index contributed by atoms with van der Waals surface area (Å²) < 4.78 is 5.41. The van der Waals surface area contributed by atoms with Crippen LogP contribution in [0.3, 0.4) is 0 Å². The van der Waals surface area contributed by atoms with Gasteiger partial charge in [0.15, 0.2) is 12.4 Å². The van der Waals surface area contributed by atoms with Crippen LogP contribution in [0.2, 0.25) is 0 Å². The second-order valence-corrected chi connectivity index (χ2v) is 4.45. The fourth-order valence-electron chi connectivity index (χ4n) is 1.84. The molecule has 2 aromatic rings. The molecule has 0 heterocycles. The molecule has 0 N–H and O–H groups in total. The SMILES string of the molecule is CCc1ccc(C(=O)COc2cccc(C=O)c2)cc1. The van der Waals surface area contributed by atoms with Crippen LogP contribution in [-0.2, 0) is 6.42 Å². The van der Waals surface area contributed by atoms with Gasteiger partial charge >= 0.3 is 0 Å². The molecule has 0 radical (unpaired) electrons. The molecule has 0 unspecified atom stereocenters. The Kier molecular flexibility index (Phi) is 4.66. The lowest BCUT2D eigenvalue weighted by molar-refractivity contribution is 0.0921. The first-order chi connectivity index (χ1) is 9.72. The summed E-state index contributed by atoms with van der Waals surface area (Å²) in [5.74, 6) is 0.442. The van der Waals surface area contributed by atoms with Crippen molar-refractivity contribution in [1.82, 2.24) is 0 Å². The standard InChI is InChI=1S/C17H16O3/c1-2-13-6-8-15(9-7-13)17(19)12-20-16-5-3-4-14(10-16)11-18/h3-11H,2,12H2,1H3. The van der Waals surface area contributed by atoms with Crippen molar-refractivity contribution in [3.05, 3.63) is 65.2 Å². The molecule has 0 amide bonds. The molecule has 0 saturated heterocycles. The van der Waals surface area contributed by atoms with Crippen LogP contribution in [0, 0.1) is 0 Å². The Bertz CT molecular complexity index is 600. The first kappa shape index (κ1) is 14.0. The van der Waals surface area contributed by atoms with Crippen LogP contribution in [0.15, 0.2) is 48.5 Å². The normalized spacial score (nSPS) is 10.1. The number of aryl methyl sites for hydroxylation is 1. The largest absolute Gasteiger partial charge is 0.485 e. The zero-order valence-electron chi connectivity index (χ0n) is 11.3. The highest BCUT2D eigenvalue weighted by Crippen LogP contribution is 2.13. The predicted molar refractivity (Wildman–Crippen MR) is 77.5 cm³/mol. The number of carbonyl (C=O) groups excluding carboxylic acids is 2. The average molecular weight is 268 g/mol. The van der Waals surface area contributed by atoms with Crippen LogP contribution < -0.4 is 4.74 Å². The minimum absolute atomic E-state index is 0.0339. The lowest BCUT2D eigenvalue weighted by Gasteiger charge is -2.06. The van der Waals surface area contributed by atoms with Crippen molar-refractivity contribution >= 4 is 12.1 Å². The Morgan fingerprint density at radius 2 is 1.90 bits per heavy atom. The summed E-state index contributed by atoms with van der Waals surface area (Å²) in [7, 11) is 0. The van der Waals surface area contributed by atoms with Gasteiger partial charge in [0.2, 0.25) is 0 Å². The Hall–Kier alpha value is -2.42. The topological polar surface area (TPSA) is 43.4 Å². The van der Waals surface area contributed by atoms with Crippen molar-refractivity contribution in [2.45, 2.75) is 13.3 Å². The van der Waals surface area contributed by atoms with Crippen molar-refractivity contribution in [2.75, 3.05) is 6.61 Å². The lowest BCUT2D eigenvalue weighted by Crippen LogP contribution is -2.11. The van der Waals surface area contributed by atoms with Gasteiger partial charge in [-0.1, -0.05) is 43.3 Å². The van der Waals surface area contributed by atoms with Gasteiger partial charge in [0.25, 0.3) is 0 Å². The number of ether oxygens (including phenoxy) is 1. The molecule has 0 aliphatic heterocycles. The van der Waals surface area contributed by atoms with Crippen LogP contribution >= 0.6 is 0 Å². The van der Waals surface area contributed by atoms with Crippen LogP contribution in [0.4, 0.5) is 0 Å². The van der Waals surface area contributed by atoms with Gasteiger partial charge < -0.3 is 4.74 Å². The summed E-state index contributed by atoms with van der Waals surface area (Å²) in [4.78, 5) is 22.6. The smallest absolute Gasteiger partial charge is 0.200 e. The summed E-state index contributed by atoms with van der Waals surface area (Å²) in [5, 5.41) is 0. The van der Waals surface area contributed by atoms with E-state index in [2.05, 4.69) is 6.92 Å². The summed E-state index contributed by atoms with van der Waals surface area (Å²) in [6, 6.07) is 14.3. The highest BCUT2D eigenvalue weighted by molar-refractivity contribution is 5.97. The highest BCUT2D eigenvalue weighted by atomic mass is 16.5. The van der Waals surface area contributed by atoms with E-state index in [-0.39, 0.29) is 12.4 Å². The maximum atomic E-state index is 12.0. The molecule has 20 heavy (non-hydrogen) atoms. The van der Waals surface area contributed by atoms with E-state index >= 15 is 0 Å². The summed E-state index contributed by atoms with van der Waals surface area (Å²) in [6.45, 7) is 2.04. The number of Topliss-reactive ketones (excluding diaryl/α,β-unsaturated/α-hetero) is 1. The van der Waals surface area contributed by atoms with Crippen molar-refractivity contribution < 1.29 is 14.3 Å². The molecule has 3 heteroatoms. The van der Waals surface area contributed by atoms with Crippen LogP contribution in [0.25, 0.3) is 0 Å². The lowest BCUT2D eigenvalue weighted by atomic mass is 10.1. The maximum Gasteiger partial charge on any atom is 0.200 e. The van der Waals surface area contributed by atoms with Gasteiger partial charge in [-0.05, 0) is 24.1 Å². The van der Waals surface area contributed by atoms with Crippen molar-refractivity contribution in [1.29, 1.82) is 0 Å². The third-order valence-corrected chi connectivity index (χ3v) is 3.05. The highest BCUT2D eigenvalue weighted by Gasteiger charge is 2.07. The van der Waals surface area contributed by atoms with Gasteiger partial charge in [0.05, 0.1) is 0 Å². The molecule has 0 bridgehead atoms. The van der Waals surface area contributed by atoms with E-state index in [1.165, 1.54) is 5.56 Å². The van der Waals surface area contributed by atoms with Gasteiger partial charge in [-0.3, -0.25) is 9.59 Å². The molecule has 102 valence electrons. The first-order valence-electron chi connectivity index (χ1n) is 6.53. The molecule has 2 rings (SSSR count).